The Labute approximate surface area is 120 Å². The molecule has 1 aliphatic heterocycles. The summed E-state index contributed by atoms with van der Waals surface area (Å²) in [4.78, 5) is 24.6. The van der Waals surface area contributed by atoms with Crippen LogP contribution in [-0.2, 0) is 4.79 Å². The van der Waals surface area contributed by atoms with E-state index in [-0.39, 0.29) is 36.4 Å². The number of nitrogens with one attached hydrogen (secondary N) is 1. The smallest absolute Gasteiger partial charge is 0.317 e. The van der Waals surface area contributed by atoms with Gasteiger partial charge in [0.15, 0.2) is 0 Å². The van der Waals surface area contributed by atoms with Crippen LogP contribution >= 0.6 is 0 Å². The number of hydrogen-bond donors (Lipinski definition) is 3. The topological polar surface area (TPSA) is 89.9 Å². The summed E-state index contributed by atoms with van der Waals surface area (Å²) < 4.78 is 0. The lowest BCUT2D eigenvalue weighted by Gasteiger charge is -2.34. The van der Waals surface area contributed by atoms with E-state index in [1.54, 1.807) is 11.8 Å². The summed E-state index contributed by atoms with van der Waals surface area (Å²) in [7, 11) is 0. The molecule has 0 aromatic rings. The van der Waals surface area contributed by atoms with Crippen molar-refractivity contribution in [2.45, 2.75) is 52.2 Å². The van der Waals surface area contributed by atoms with Crippen LogP contribution in [0.2, 0.25) is 0 Å². The van der Waals surface area contributed by atoms with Gasteiger partial charge in [0.25, 0.3) is 0 Å². The van der Waals surface area contributed by atoms with E-state index < -0.39 is 5.97 Å². The Morgan fingerprint density at radius 1 is 1.25 bits per heavy atom. The number of carboxylic acid groups (broad SMARTS) is 1. The minimum atomic E-state index is -0.906. The monoisotopic (exact) mass is 286 g/mol. The largest absolute Gasteiger partial charge is 0.481 e. The van der Waals surface area contributed by atoms with Gasteiger partial charge in [-0.25, -0.2) is 4.79 Å². The zero-order chi connectivity index (χ0) is 15.3. The first-order valence-electron chi connectivity index (χ1n) is 7.26. The number of aliphatic hydroxyl groups excluding tert-OH is 1. The van der Waals surface area contributed by atoms with E-state index in [1.807, 2.05) is 13.8 Å². The summed E-state index contributed by atoms with van der Waals surface area (Å²) in [6.45, 7) is 6.79. The molecule has 0 bridgehead atoms. The van der Waals surface area contributed by atoms with Gasteiger partial charge in [-0.3, -0.25) is 4.79 Å². The van der Waals surface area contributed by atoms with Crippen molar-refractivity contribution in [3.8, 4) is 0 Å². The first kappa shape index (κ1) is 16.8. The van der Waals surface area contributed by atoms with E-state index in [0.717, 1.165) is 12.8 Å². The molecule has 2 unspecified atom stereocenters. The Morgan fingerprint density at radius 2 is 1.80 bits per heavy atom. The van der Waals surface area contributed by atoms with Gasteiger partial charge in [-0.1, -0.05) is 13.8 Å². The highest BCUT2D eigenvalue weighted by molar-refractivity contribution is 5.76. The molecule has 0 aromatic heterocycles. The number of hydrogen-bond acceptors (Lipinski definition) is 3. The molecule has 0 radical (unpaired) electrons. The number of rotatable bonds is 5. The maximum absolute atomic E-state index is 12.1. The van der Waals surface area contributed by atoms with E-state index in [2.05, 4.69) is 5.32 Å². The molecule has 1 fully saturated rings. The summed E-state index contributed by atoms with van der Waals surface area (Å²) in [6.07, 6.45) is 1.18. The van der Waals surface area contributed by atoms with Crippen molar-refractivity contribution >= 4 is 12.0 Å². The van der Waals surface area contributed by atoms with Crippen molar-refractivity contribution < 1.29 is 19.8 Å². The second kappa shape index (κ2) is 7.47. The quantitative estimate of drug-likeness (QED) is 0.710. The third-order valence-electron chi connectivity index (χ3n) is 4.02. The van der Waals surface area contributed by atoms with Gasteiger partial charge in [-0.05, 0) is 31.6 Å². The predicted octanol–water partition coefficient (Wildman–Crippen LogP) is 1.29. The Balaban J connectivity index is 2.48. The number of carboxylic acids is 1. The summed E-state index contributed by atoms with van der Waals surface area (Å²) in [6, 6.07) is -0.552. The molecule has 1 rings (SSSR count). The van der Waals surface area contributed by atoms with Crippen LogP contribution in [0.5, 0.6) is 0 Å². The van der Waals surface area contributed by atoms with E-state index in [9.17, 15) is 14.7 Å². The first-order chi connectivity index (χ1) is 9.31. The fourth-order valence-electron chi connectivity index (χ4n) is 2.48. The van der Waals surface area contributed by atoms with Crippen LogP contribution in [-0.4, -0.2) is 52.3 Å². The number of piperidine rings is 1. The maximum atomic E-state index is 12.1. The van der Waals surface area contributed by atoms with Gasteiger partial charge in [0.2, 0.25) is 0 Å². The Kier molecular flexibility index (Phi) is 6.26. The molecule has 0 saturated carbocycles. The van der Waals surface area contributed by atoms with Crippen LogP contribution in [0.4, 0.5) is 4.79 Å². The van der Waals surface area contributed by atoms with Crippen LogP contribution in [0.15, 0.2) is 0 Å². The van der Waals surface area contributed by atoms with Gasteiger partial charge >= 0.3 is 12.0 Å². The maximum Gasteiger partial charge on any atom is 0.317 e. The number of carbonyl (C=O) groups is 2. The first-order valence-corrected chi connectivity index (χ1v) is 7.26. The van der Waals surface area contributed by atoms with Crippen LogP contribution in [0.25, 0.3) is 0 Å². The zero-order valence-corrected chi connectivity index (χ0v) is 12.5. The summed E-state index contributed by atoms with van der Waals surface area (Å²) in [5.41, 5.74) is 0. The van der Waals surface area contributed by atoms with Gasteiger partial charge in [-0.2, -0.15) is 0 Å². The average molecular weight is 286 g/mol. The number of urea groups is 1. The van der Waals surface area contributed by atoms with E-state index in [1.165, 1.54) is 0 Å². The third kappa shape index (κ3) is 5.00. The molecular weight excluding hydrogens is 260 g/mol. The fourth-order valence-corrected chi connectivity index (χ4v) is 2.48. The Bertz CT molecular complexity index is 336. The van der Waals surface area contributed by atoms with Gasteiger partial charge in [-0.15, -0.1) is 0 Å². The molecule has 1 heterocycles. The number of nitrogens with zero attached hydrogens (tertiary/aromatic N) is 1. The molecule has 1 aliphatic rings. The van der Waals surface area contributed by atoms with Gasteiger partial charge < -0.3 is 20.4 Å². The van der Waals surface area contributed by atoms with E-state index >= 15 is 0 Å². The lowest BCUT2D eigenvalue weighted by molar-refractivity contribution is -0.137. The molecule has 20 heavy (non-hydrogen) atoms. The van der Waals surface area contributed by atoms with Crippen molar-refractivity contribution in [2.75, 3.05) is 13.1 Å². The summed E-state index contributed by atoms with van der Waals surface area (Å²) in [5.74, 6) is -0.583. The molecule has 6 heteroatoms. The molecule has 2 amide bonds. The molecule has 0 aliphatic carbocycles. The van der Waals surface area contributed by atoms with Crippen molar-refractivity contribution in [2.24, 2.45) is 11.8 Å². The Hall–Kier alpha value is -1.30. The van der Waals surface area contributed by atoms with Crippen LogP contribution in [0.3, 0.4) is 0 Å². The van der Waals surface area contributed by atoms with Crippen molar-refractivity contribution in [1.82, 2.24) is 10.2 Å². The van der Waals surface area contributed by atoms with Gasteiger partial charge in [0.05, 0.1) is 12.5 Å². The summed E-state index contributed by atoms with van der Waals surface area (Å²) in [5, 5.41) is 21.2. The number of aliphatic carboxylic acids is 1. The lowest BCUT2D eigenvalue weighted by Crippen LogP contribution is -2.50. The standard InChI is InChI=1S/C14H26N2O4/c1-9(2)12(8-13(18)19)15-14(20)16-6-4-11(5-7-16)10(3)17/h9-12,17H,4-8H2,1-3H3,(H,15,20)(H,18,19). The highest BCUT2D eigenvalue weighted by Crippen LogP contribution is 2.20. The number of carbonyl (C=O) groups excluding carboxylic acids is 1. The molecule has 1 saturated heterocycles. The third-order valence-corrected chi connectivity index (χ3v) is 4.02. The van der Waals surface area contributed by atoms with Crippen molar-refractivity contribution in [1.29, 1.82) is 0 Å². The molecule has 2 atom stereocenters. The number of likely N-dealkylation sites (tertiary alicyclic amines) is 1. The predicted molar refractivity (Wildman–Crippen MR) is 75.4 cm³/mol. The van der Waals surface area contributed by atoms with Crippen molar-refractivity contribution in [3.63, 3.8) is 0 Å². The molecule has 0 aromatic carbocycles. The molecular formula is C14H26N2O4. The molecule has 0 spiro atoms. The average Bonchev–Trinajstić information content (AvgIpc) is 2.37. The molecule has 116 valence electrons. The molecule has 3 N–H and O–H groups in total. The van der Waals surface area contributed by atoms with Crippen LogP contribution in [0, 0.1) is 11.8 Å². The van der Waals surface area contributed by atoms with E-state index in [4.69, 9.17) is 5.11 Å². The minimum absolute atomic E-state index is 0.0620. The van der Waals surface area contributed by atoms with Gasteiger partial charge in [0, 0.05) is 19.1 Å². The number of aliphatic hydroxyl groups is 1. The lowest BCUT2D eigenvalue weighted by atomic mass is 9.92. The molecule has 6 nitrogen and oxygen atoms in total. The number of amides is 2. The highest BCUT2D eigenvalue weighted by atomic mass is 16.4. The van der Waals surface area contributed by atoms with Gasteiger partial charge in [0.1, 0.15) is 0 Å². The Morgan fingerprint density at radius 3 is 2.20 bits per heavy atom. The highest BCUT2D eigenvalue weighted by Gasteiger charge is 2.27. The fraction of sp³-hybridized carbons (Fsp3) is 0.857. The second-order valence-corrected chi connectivity index (χ2v) is 5.96. The second-order valence-electron chi connectivity index (χ2n) is 5.96. The van der Waals surface area contributed by atoms with E-state index in [0.29, 0.717) is 13.1 Å². The normalized spacial score (nSPS) is 19.8. The van der Waals surface area contributed by atoms with Crippen LogP contribution < -0.4 is 5.32 Å². The SMILES string of the molecule is CC(C)C(CC(=O)O)NC(=O)N1CCC(C(C)O)CC1. The zero-order valence-electron chi connectivity index (χ0n) is 12.5. The van der Waals surface area contributed by atoms with Crippen LogP contribution in [0.1, 0.15) is 40.0 Å². The minimum Gasteiger partial charge on any atom is -0.481 e. The summed E-state index contributed by atoms with van der Waals surface area (Å²) >= 11 is 0. The van der Waals surface area contributed by atoms with Crippen molar-refractivity contribution in [3.05, 3.63) is 0 Å².